The molecule has 0 radical (unpaired) electrons. The molecule has 4 nitrogen and oxygen atoms in total. The Kier molecular flexibility index (Phi) is 2.63. The lowest BCUT2D eigenvalue weighted by molar-refractivity contribution is 0.416. The largest absolute Gasteiger partial charge is 0.496 e. The minimum atomic E-state index is 0.610. The fourth-order valence-electron chi connectivity index (χ4n) is 2.41. The minimum absolute atomic E-state index is 0.610. The van der Waals surface area contributed by atoms with Gasteiger partial charge in [-0.2, -0.15) is 0 Å². The summed E-state index contributed by atoms with van der Waals surface area (Å²) in [5.41, 5.74) is 9.11. The normalized spacial score (nSPS) is 13.4. The Hall–Kier alpha value is -2.10. The molecule has 0 saturated carbocycles. The maximum absolute atomic E-state index is 6.01. The third-order valence-electron chi connectivity index (χ3n) is 3.31. The first-order valence-electron chi connectivity index (χ1n) is 6.08. The van der Waals surface area contributed by atoms with Crippen molar-refractivity contribution in [3.8, 4) is 17.1 Å². The fourth-order valence-corrected chi connectivity index (χ4v) is 2.41. The van der Waals surface area contributed by atoms with E-state index in [2.05, 4.69) is 9.97 Å². The monoisotopic (exact) mass is 241 g/mol. The zero-order valence-electron chi connectivity index (χ0n) is 10.3. The SMILES string of the molecule is COc1ccccc1-c1nc(N)c2c(n1)CCC2. The summed E-state index contributed by atoms with van der Waals surface area (Å²) in [5, 5.41) is 0. The molecule has 3 rings (SSSR count). The summed E-state index contributed by atoms with van der Waals surface area (Å²) in [4.78, 5) is 9.03. The van der Waals surface area contributed by atoms with Gasteiger partial charge in [0.15, 0.2) is 5.82 Å². The highest BCUT2D eigenvalue weighted by atomic mass is 16.5. The fraction of sp³-hybridized carbons (Fsp3) is 0.286. The molecule has 0 saturated heterocycles. The zero-order chi connectivity index (χ0) is 12.5. The molecule has 92 valence electrons. The van der Waals surface area contributed by atoms with Gasteiger partial charge in [-0.15, -0.1) is 0 Å². The van der Waals surface area contributed by atoms with Gasteiger partial charge in [0.25, 0.3) is 0 Å². The Morgan fingerprint density at radius 1 is 1.17 bits per heavy atom. The van der Waals surface area contributed by atoms with Crippen LogP contribution >= 0.6 is 0 Å². The van der Waals surface area contributed by atoms with Crippen LogP contribution in [0.5, 0.6) is 5.75 Å². The lowest BCUT2D eigenvalue weighted by Gasteiger charge is -2.09. The summed E-state index contributed by atoms with van der Waals surface area (Å²) >= 11 is 0. The van der Waals surface area contributed by atoms with Crippen molar-refractivity contribution in [3.05, 3.63) is 35.5 Å². The van der Waals surface area contributed by atoms with Crippen molar-refractivity contribution < 1.29 is 4.74 Å². The van der Waals surface area contributed by atoms with Crippen molar-refractivity contribution in [2.75, 3.05) is 12.8 Å². The van der Waals surface area contributed by atoms with E-state index in [1.807, 2.05) is 24.3 Å². The van der Waals surface area contributed by atoms with Gasteiger partial charge in [0.2, 0.25) is 0 Å². The molecular weight excluding hydrogens is 226 g/mol. The third-order valence-corrected chi connectivity index (χ3v) is 3.31. The maximum Gasteiger partial charge on any atom is 0.165 e. The number of aryl methyl sites for hydroxylation is 1. The van der Waals surface area contributed by atoms with E-state index >= 15 is 0 Å². The molecule has 0 unspecified atom stereocenters. The molecule has 4 heteroatoms. The Morgan fingerprint density at radius 2 is 2.00 bits per heavy atom. The van der Waals surface area contributed by atoms with Gasteiger partial charge in [-0.05, 0) is 31.4 Å². The van der Waals surface area contributed by atoms with E-state index in [0.29, 0.717) is 11.6 Å². The average molecular weight is 241 g/mol. The number of fused-ring (bicyclic) bond motifs is 1. The second-order valence-electron chi connectivity index (χ2n) is 4.41. The second-order valence-corrected chi connectivity index (χ2v) is 4.41. The molecule has 0 spiro atoms. The van der Waals surface area contributed by atoms with Crippen LogP contribution in [0.2, 0.25) is 0 Å². The Morgan fingerprint density at radius 3 is 2.83 bits per heavy atom. The molecule has 18 heavy (non-hydrogen) atoms. The van der Waals surface area contributed by atoms with Gasteiger partial charge in [-0.25, -0.2) is 9.97 Å². The third kappa shape index (κ3) is 1.70. The molecule has 2 aromatic rings. The Labute approximate surface area is 106 Å². The molecule has 1 aliphatic carbocycles. The summed E-state index contributed by atoms with van der Waals surface area (Å²) in [6.45, 7) is 0. The summed E-state index contributed by atoms with van der Waals surface area (Å²) in [6.07, 6.45) is 3.10. The number of para-hydroxylation sites is 1. The van der Waals surface area contributed by atoms with Crippen molar-refractivity contribution >= 4 is 5.82 Å². The van der Waals surface area contributed by atoms with E-state index in [1.54, 1.807) is 7.11 Å². The van der Waals surface area contributed by atoms with Crippen LogP contribution in [0.4, 0.5) is 5.82 Å². The topological polar surface area (TPSA) is 61.0 Å². The van der Waals surface area contributed by atoms with Crippen LogP contribution in [-0.4, -0.2) is 17.1 Å². The van der Waals surface area contributed by atoms with E-state index in [9.17, 15) is 0 Å². The van der Waals surface area contributed by atoms with Crippen molar-refractivity contribution in [2.45, 2.75) is 19.3 Å². The predicted octanol–water partition coefficient (Wildman–Crippen LogP) is 2.22. The Bertz CT molecular complexity index is 596. The predicted molar refractivity (Wildman–Crippen MR) is 70.5 cm³/mol. The van der Waals surface area contributed by atoms with Crippen molar-refractivity contribution in [1.29, 1.82) is 0 Å². The highest BCUT2D eigenvalue weighted by molar-refractivity contribution is 5.66. The number of rotatable bonds is 2. The van der Waals surface area contributed by atoms with E-state index in [4.69, 9.17) is 10.5 Å². The smallest absolute Gasteiger partial charge is 0.165 e. The first-order valence-corrected chi connectivity index (χ1v) is 6.08. The van der Waals surface area contributed by atoms with Crippen LogP contribution in [0.25, 0.3) is 11.4 Å². The number of hydrogen-bond donors (Lipinski definition) is 1. The molecular formula is C14H15N3O. The molecule has 1 aromatic carbocycles. The number of hydrogen-bond acceptors (Lipinski definition) is 4. The number of aromatic nitrogens is 2. The molecule has 0 amide bonds. The van der Waals surface area contributed by atoms with Gasteiger partial charge in [-0.3, -0.25) is 0 Å². The number of nitrogen functional groups attached to an aromatic ring is 1. The minimum Gasteiger partial charge on any atom is -0.496 e. The van der Waals surface area contributed by atoms with Crippen molar-refractivity contribution in [3.63, 3.8) is 0 Å². The summed E-state index contributed by atoms with van der Waals surface area (Å²) in [5.74, 6) is 2.04. The number of anilines is 1. The molecule has 0 fully saturated rings. The van der Waals surface area contributed by atoms with Gasteiger partial charge in [0, 0.05) is 11.3 Å². The number of nitrogens with zero attached hydrogens (tertiary/aromatic N) is 2. The molecule has 0 atom stereocenters. The molecule has 0 bridgehead atoms. The molecule has 1 aromatic heterocycles. The lowest BCUT2D eigenvalue weighted by atomic mass is 10.1. The van der Waals surface area contributed by atoms with Gasteiger partial charge >= 0.3 is 0 Å². The van der Waals surface area contributed by atoms with E-state index in [-0.39, 0.29) is 0 Å². The first-order chi connectivity index (χ1) is 8.79. The van der Waals surface area contributed by atoms with Crippen LogP contribution in [0.1, 0.15) is 17.7 Å². The van der Waals surface area contributed by atoms with Crippen LogP contribution in [0, 0.1) is 0 Å². The van der Waals surface area contributed by atoms with Gasteiger partial charge < -0.3 is 10.5 Å². The second kappa shape index (κ2) is 4.29. The van der Waals surface area contributed by atoms with Crippen LogP contribution in [0.15, 0.2) is 24.3 Å². The van der Waals surface area contributed by atoms with E-state index < -0.39 is 0 Å². The van der Waals surface area contributed by atoms with Crippen LogP contribution < -0.4 is 10.5 Å². The first kappa shape index (κ1) is 11.0. The average Bonchev–Trinajstić information content (AvgIpc) is 2.87. The van der Waals surface area contributed by atoms with Gasteiger partial charge in [0.05, 0.1) is 12.7 Å². The molecule has 1 aliphatic rings. The van der Waals surface area contributed by atoms with Gasteiger partial charge in [-0.1, -0.05) is 12.1 Å². The highest BCUT2D eigenvalue weighted by Crippen LogP contribution is 2.31. The molecule has 2 N–H and O–H groups in total. The Balaban J connectivity index is 2.15. The number of ether oxygens (including phenoxy) is 1. The summed E-state index contributed by atoms with van der Waals surface area (Å²) in [7, 11) is 1.65. The standard InChI is InChI=1S/C14H15N3O/c1-18-12-8-3-2-5-10(12)14-16-11-7-4-6-9(11)13(15)17-14/h2-3,5,8H,4,6-7H2,1H3,(H2,15,16,17). The van der Waals surface area contributed by atoms with Gasteiger partial charge in [0.1, 0.15) is 11.6 Å². The number of nitrogens with two attached hydrogens (primary N) is 1. The quantitative estimate of drug-likeness (QED) is 0.875. The van der Waals surface area contributed by atoms with Crippen molar-refractivity contribution in [2.24, 2.45) is 0 Å². The van der Waals surface area contributed by atoms with Crippen LogP contribution in [0.3, 0.4) is 0 Å². The van der Waals surface area contributed by atoms with E-state index in [0.717, 1.165) is 41.8 Å². The van der Waals surface area contributed by atoms with E-state index in [1.165, 1.54) is 0 Å². The summed E-state index contributed by atoms with van der Waals surface area (Å²) < 4.78 is 5.34. The highest BCUT2D eigenvalue weighted by Gasteiger charge is 2.19. The lowest BCUT2D eigenvalue weighted by Crippen LogP contribution is -2.03. The van der Waals surface area contributed by atoms with Crippen molar-refractivity contribution in [1.82, 2.24) is 9.97 Å². The molecule has 1 heterocycles. The summed E-state index contributed by atoms with van der Waals surface area (Å²) in [6, 6.07) is 7.74. The number of methoxy groups -OCH3 is 1. The van der Waals surface area contributed by atoms with Crippen LogP contribution in [-0.2, 0) is 12.8 Å². The molecule has 0 aliphatic heterocycles. The number of benzene rings is 1. The maximum atomic E-state index is 6.01. The zero-order valence-corrected chi connectivity index (χ0v) is 10.3.